The van der Waals surface area contributed by atoms with Gasteiger partial charge in [0.2, 0.25) is 0 Å². The number of hydrogen-bond acceptors (Lipinski definition) is 2. The van der Waals surface area contributed by atoms with E-state index in [-0.39, 0.29) is 5.78 Å². The molecule has 24 heavy (non-hydrogen) atoms. The van der Waals surface area contributed by atoms with Gasteiger partial charge in [-0.3, -0.25) is 4.79 Å². The second-order valence-electron chi connectivity index (χ2n) is 6.15. The van der Waals surface area contributed by atoms with E-state index in [1.54, 1.807) is 6.92 Å². The summed E-state index contributed by atoms with van der Waals surface area (Å²) >= 11 is 0. The molecular formula is C21H23NO2. The SMILES string of the molecule is CC(=O)c1c(C)n(CCCOc2ccccc2C)c2ccccc12. The maximum atomic E-state index is 12.0. The molecule has 3 heteroatoms. The molecule has 0 saturated carbocycles. The topological polar surface area (TPSA) is 31.2 Å². The fourth-order valence-electron chi connectivity index (χ4n) is 3.29. The number of hydrogen-bond donors (Lipinski definition) is 0. The monoisotopic (exact) mass is 321 g/mol. The van der Waals surface area contributed by atoms with Crippen LogP contribution in [-0.4, -0.2) is 17.0 Å². The number of aryl methyl sites for hydroxylation is 2. The first-order valence-electron chi connectivity index (χ1n) is 8.37. The van der Waals surface area contributed by atoms with E-state index in [1.807, 2.05) is 43.3 Å². The normalized spacial score (nSPS) is 11.0. The highest BCUT2D eigenvalue weighted by Gasteiger charge is 2.16. The number of ketones is 1. The highest BCUT2D eigenvalue weighted by atomic mass is 16.5. The van der Waals surface area contributed by atoms with Gasteiger partial charge in [0.25, 0.3) is 0 Å². The second kappa shape index (κ2) is 6.91. The van der Waals surface area contributed by atoms with E-state index in [0.717, 1.165) is 46.4 Å². The average molecular weight is 321 g/mol. The Morgan fingerprint density at radius 1 is 1.04 bits per heavy atom. The third-order valence-corrected chi connectivity index (χ3v) is 4.46. The summed E-state index contributed by atoms with van der Waals surface area (Å²) in [4.78, 5) is 12.0. The van der Waals surface area contributed by atoms with Crippen molar-refractivity contribution in [1.29, 1.82) is 0 Å². The molecule has 0 aliphatic heterocycles. The Morgan fingerprint density at radius 3 is 2.50 bits per heavy atom. The first-order chi connectivity index (χ1) is 11.6. The lowest BCUT2D eigenvalue weighted by molar-refractivity contribution is 0.101. The van der Waals surface area contributed by atoms with Crippen LogP contribution >= 0.6 is 0 Å². The average Bonchev–Trinajstić information content (AvgIpc) is 2.85. The maximum Gasteiger partial charge on any atom is 0.162 e. The largest absolute Gasteiger partial charge is 0.493 e. The zero-order valence-corrected chi connectivity index (χ0v) is 14.5. The van der Waals surface area contributed by atoms with Gasteiger partial charge in [0.05, 0.1) is 6.61 Å². The summed E-state index contributed by atoms with van der Waals surface area (Å²) in [5.41, 5.74) is 4.15. The third-order valence-electron chi connectivity index (χ3n) is 4.46. The van der Waals surface area contributed by atoms with Gasteiger partial charge in [-0.2, -0.15) is 0 Å². The van der Waals surface area contributed by atoms with E-state index in [0.29, 0.717) is 6.61 Å². The van der Waals surface area contributed by atoms with Gasteiger partial charge in [-0.05, 0) is 44.9 Å². The molecule has 0 amide bonds. The van der Waals surface area contributed by atoms with Crippen LogP contribution in [0.3, 0.4) is 0 Å². The maximum absolute atomic E-state index is 12.0. The summed E-state index contributed by atoms with van der Waals surface area (Å²) in [5.74, 6) is 1.06. The molecule has 2 aromatic carbocycles. The second-order valence-corrected chi connectivity index (χ2v) is 6.15. The lowest BCUT2D eigenvalue weighted by atomic mass is 10.1. The van der Waals surface area contributed by atoms with Crippen molar-refractivity contribution in [3.05, 3.63) is 65.4 Å². The van der Waals surface area contributed by atoms with Crippen molar-refractivity contribution < 1.29 is 9.53 Å². The lowest BCUT2D eigenvalue weighted by Gasteiger charge is -2.11. The number of para-hydroxylation sites is 2. The fourth-order valence-corrected chi connectivity index (χ4v) is 3.29. The van der Waals surface area contributed by atoms with E-state index in [1.165, 1.54) is 0 Å². The van der Waals surface area contributed by atoms with Gasteiger partial charge in [0.1, 0.15) is 5.75 Å². The van der Waals surface area contributed by atoms with Crippen molar-refractivity contribution in [3.63, 3.8) is 0 Å². The highest BCUT2D eigenvalue weighted by molar-refractivity contribution is 6.08. The summed E-state index contributed by atoms with van der Waals surface area (Å²) in [6.45, 7) is 7.22. The van der Waals surface area contributed by atoms with Crippen molar-refractivity contribution in [2.45, 2.75) is 33.7 Å². The molecule has 0 saturated heterocycles. The van der Waals surface area contributed by atoms with Crippen LogP contribution in [0, 0.1) is 13.8 Å². The van der Waals surface area contributed by atoms with E-state index < -0.39 is 0 Å². The minimum atomic E-state index is 0.124. The molecule has 0 aliphatic rings. The van der Waals surface area contributed by atoms with Crippen molar-refractivity contribution in [2.24, 2.45) is 0 Å². The Morgan fingerprint density at radius 2 is 1.75 bits per heavy atom. The minimum Gasteiger partial charge on any atom is -0.493 e. The number of benzene rings is 2. The predicted octanol–water partition coefficient (Wildman–Crippen LogP) is 4.93. The molecule has 0 unspecified atom stereocenters. The number of fused-ring (bicyclic) bond motifs is 1. The van der Waals surface area contributed by atoms with Crippen LogP contribution in [0.25, 0.3) is 10.9 Å². The van der Waals surface area contributed by atoms with Crippen molar-refractivity contribution >= 4 is 16.7 Å². The lowest BCUT2D eigenvalue weighted by Crippen LogP contribution is -2.07. The van der Waals surface area contributed by atoms with Crippen LogP contribution in [0.2, 0.25) is 0 Å². The number of ether oxygens (including phenoxy) is 1. The number of rotatable bonds is 6. The molecule has 3 nitrogen and oxygen atoms in total. The summed E-state index contributed by atoms with van der Waals surface area (Å²) in [6.07, 6.45) is 0.894. The van der Waals surface area contributed by atoms with E-state index in [2.05, 4.69) is 23.6 Å². The summed E-state index contributed by atoms with van der Waals surface area (Å²) in [5, 5.41) is 1.04. The van der Waals surface area contributed by atoms with Crippen LogP contribution in [0.5, 0.6) is 5.75 Å². The molecule has 1 heterocycles. The number of nitrogens with zero attached hydrogens (tertiary/aromatic N) is 1. The summed E-state index contributed by atoms with van der Waals surface area (Å²) in [6, 6.07) is 16.2. The number of carbonyl (C=O) groups excluding carboxylic acids is 1. The molecular weight excluding hydrogens is 298 g/mol. The molecule has 0 atom stereocenters. The highest BCUT2D eigenvalue weighted by Crippen LogP contribution is 2.26. The van der Waals surface area contributed by atoms with Gasteiger partial charge < -0.3 is 9.30 Å². The zero-order valence-electron chi connectivity index (χ0n) is 14.5. The van der Waals surface area contributed by atoms with Gasteiger partial charge in [-0.25, -0.2) is 0 Å². The first kappa shape index (κ1) is 16.3. The molecule has 0 radical (unpaired) electrons. The molecule has 124 valence electrons. The first-order valence-corrected chi connectivity index (χ1v) is 8.37. The Hall–Kier alpha value is -2.55. The number of Topliss-reactive ketones (excluding diaryl/α,β-unsaturated/α-hetero) is 1. The molecule has 1 aromatic heterocycles. The number of carbonyl (C=O) groups is 1. The Balaban J connectivity index is 1.75. The van der Waals surface area contributed by atoms with Gasteiger partial charge in [0.15, 0.2) is 5.78 Å². The van der Waals surface area contributed by atoms with Gasteiger partial charge in [0, 0.05) is 28.7 Å². The molecule has 0 spiro atoms. The number of aromatic nitrogens is 1. The molecule has 3 aromatic rings. The van der Waals surface area contributed by atoms with E-state index in [4.69, 9.17) is 4.74 Å². The predicted molar refractivity (Wildman–Crippen MR) is 98.0 cm³/mol. The van der Waals surface area contributed by atoms with Gasteiger partial charge in [-0.15, -0.1) is 0 Å². The van der Waals surface area contributed by atoms with Crippen molar-refractivity contribution in [2.75, 3.05) is 6.61 Å². The third kappa shape index (κ3) is 3.07. The van der Waals surface area contributed by atoms with Crippen LogP contribution in [0.1, 0.15) is 35.0 Å². The molecule has 0 N–H and O–H groups in total. The minimum absolute atomic E-state index is 0.124. The quantitative estimate of drug-likeness (QED) is 0.476. The van der Waals surface area contributed by atoms with Crippen molar-refractivity contribution in [3.8, 4) is 5.75 Å². The van der Waals surface area contributed by atoms with E-state index >= 15 is 0 Å². The standard InChI is InChI=1S/C21H23NO2/c1-15-9-4-7-12-20(15)24-14-8-13-22-16(2)21(17(3)23)18-10-5-6-11-19(18)22/h4-7,9-12H,8,13-14H2,1-3H3. The molecule has 0 fully saturated rings. The van der Waals surface area contributed by atoms with Crippen molar-refractivity contribution in [1.82, 2.24) is 4.57 Å². The zero-order chi connectivity index (χ0) is 17.1. The Bertz CT molecular complexity index is 877. The van der Waals surface area contributed by atoms with Gasteiger partial charge in [-0.1, -0.05) is 36.4 Å². The molecule has 0 bridgehead atoms. The van der Waals surface area contributed by atoms with Crippen LogP contribution in [0.4, 0.5) is 0 Å². The van der Waals surface area contributed by atoms with Crippen LogP contribution < -0.4 is 4.74 Å². The summed E-state index contributed by atoms with van der Waals surface area (Å²) in [7, 11) is 0. The Labute approximate surface area is 142 Å². The molecule has 0 aliphatic carbocycles. The van der Waals surface area contributed by atoms with Gasteiger partial charge >= 0.3 is 0 Å². The smallest absolute Gasteiger partial charge is 0.162 e. The summed E-state index contributed by atoms with van der Waals surface area (Å²) < 4.78 is 8.11. The van der Waals surface area contributed by atoms with E-state index in [9.17, 15) is 4.79 Å². The van der Waals surface area contributed by atoms with Crippen LogP contribution in [0.15, 0.2) is 48.5 Å². The Kier molecular flexibility index (Phi) is 4.70. The fraction of sp³-hybridized carbons (Fsp3) is 0.286. The molecule has 3 rings (SSSR count). The van der Waals surface area contributed by atoms with Crippen LogP contribution in [-0.2, 0) is 6.54 Å².